The molecule has 0 aromatic carbocycles. The molecule has 0 radical (unpaired) electrons. The third-order valence-electron chi connectivity index (χ3n) is 2.38. The van der Waals surface area contributed by atoms with Crippen LogP contribution in [0.25, 0.3) is 0 Å². The Bertz CT molecular complexity index is 484. The fourth-order valence-corrected chi connectivity index (χ4v) is 1.12. The average Bonchev–Trinajstić information content (AvgIpc) is 2.42. The largest absolute Gasteiger partial charge is 0.481 e. The second-order valence-corrected chi connectivity index (χ2v) is 4.82. The second-order valence-electron chi connectivity index (χ2n) is 4.82. The van der Waals surface area contributed by atoms with Crippen molar-refractivity contribution in [3.63, 3.8) is 0 Å². The normalized spacial score (nSPS) is 10.3. The lowest BCUT2D eigenvalue weighted by atomic mass is 10.1. The third-order valence-corrected chi connectivity index (χ3v) is 2.38. The smallest absolute Gasteiger partial charge is 0.317 e. The highest BCUT2D eigenvalue weighted by atomic mass is 16.4. The van der Waals surface area contributed by atoms with Crippen LogP contribution in [0, 0.1) is 11.8 Å². The van der Waals surface area contributed by atoms with E-state index in [0.717, 1.165) is 0 Å². The minimum absolute atomic E-state index is 0.199. The van der Waals surface area contributed by atoms with Crippen molar-refractivity contribution in [3.8, 4) is 0 Å². The molecule has 12 heteroatoms. The van der Waals surface area contributed by atoms with Gasteiger partial charge in [-0.2, -0.15) is 0 Å². The van der Waals surface area contributed by atoms with E-state index >= 15 is 0 Å². The van der Waals surface area contributed by atoms with Gasteiger partial charge in [-0.25, -0.2) is 0 Å². The van der Waals surface area contributed by atoms with E-state index < -0.39 is 54.1 Å². The summed E-state index contributed by atoms with van der Waals surface area (Å²) in [5.41, 5.74) is 0. The van der Waals surface area contributed by atoms with Crippen LogP contribution in [0.15, 0.2) is 0 Å². The van der Waals surface area contributed by atoms with E-state index in [-0.39, 0.29) is 12.8 Å². The predicted octanol–water partition coefficient (Wildman–Crippen LogP) is 0.299. The molecule has 0 saturated carbocycles. The Morgan fingerprint density at radius 3 is 1.15 bits per heavy atom. The molecule has 0 aliphatic carbocycles. The summed E-state index contributed by atoms with van der Waals surface area (Å²) >= 11 is 0. The van der Waals surface area contributed by atoms with E-state index in [9.17, 15) is 28.8 Å². The van der Waals surface area contributed by atoms with Gasteiger partial charge in [0.2, 0.25) is 0 Å². The summed E-state index contributed by atoms with van der Waals surface area (Å²) in [7, 11) is 0. The van der Waals surface area contributed by atoms with Crippen LogP contribution in [-0.2, 0) is 28.8 Å². The molecule has 12 nitrogen and oxygen atoms in total. The molecule has 0 heterocycles. The van der Waals surface area contributed by atoms with Crippen molar-refractivity contribution >= 4 is 35.8 Å². The van der Waals surface area contributed by atoms with Crippen molar-refractivity contribution in [2.24, 2.45) is 11.8 Å². The molecule has 0 fully saturated rings. The zero-order valence-corrected chi connectivity index (χ0v) is 14.1. The van der Waals surface area contributed by atoms with Crippen molar-refractivity contribution < 1.29 is 59.4 Å². The van der Waals surface area contributed by atoms with Crippen LogP contribution in [-0.4, -0.2) is 66.5 Å². The highest BCUT2D eigenvalue weighted by Gasteiger charge is 2.23. The molecule has 0 aromatic rings. The maximum absolute atomic E-state index is 10.2. The van der Waals surface area contributed by atoms with E-state index in [1.165, 1.54) is 6.92 Å². The molecule has 6 N–H and O–H groups in total. The Labute approximate surface area is 147 Å². The quantitative estimate of drug-likeness (QED) is 0.296. The Morgan fingerprint density at radius 2 is 1.08 bits per heavy atom. The van der Waals surface area contributed by atoms with Gasteiger partial charge in [0, 0.05) is 0 Å². The highest BCUT2D eigenvalue weighted by molar-refractivity contribution is 5.92. The number of rotatable bonds is 9. The molecule has 0 amide bonds. The zero-order chi connectivity index (χ0) is 21.4. The Balaban J connectivity index is -0.000000310. The second kappa shape index (κ2) is 15.4. The standard InChI is InChI=1S/C6H10O4.C5H8O4.C3H4O4/c1-2-3-4(5(7)8)6(9)10;1-3(5(8)9)2-4(6)7;4-2(5)1-3(6)7/h4H,2-3H2,1H3,(H,7,8)(H,9,10);3H,2H2,1H3,(H,6,7)(H,8,9);1H2,(H,4,5)(H,6,7). The number of carboxylic acid groups (broad SMARTS) is 6. The first kappa shape index (κ1) is 27.7. The van der Waals surface area contributed by atoms with E-state index in [1.54, 1.807) is 6.92 Å². The lowest BCUT2D eigenvalue weighted by molar-refractivity contribution is -0.155. The molecule has 1 unspecified atom stereocenters. The molecule has 0 aliphatic rings. The van der Waals surface area contributed by atoms with Crippen molar-refractivity contribution in [1.29, 1.82) is 0 Å². The summed E-state index contributed by atoms with van der Waals surface area (Å²) in [6, 6.07) is 0. The number of carbonyl (C=O) groups is 6. The monoisotopic (exact) mass is 382 g/mol. The lowest BCUT2D eigenvalue weighted by Crippen LogP contribution is -2.22. The molecular formula is C14H22O12. The molecular weight excluding hydrogens is 360 g/mol. The minimum Gasteiger partial charge on any atom is -0.481 e. The number of hydrogen-bond acceptors (Lipinski definition) is 6. The van der Waals surface area contributed by atoms with Crippen LogP contribution in [0.3, 0.4) is 0 Å². The van der Waals surface area contributed by atoms with Gasteiger partial charge >= 0.3 is 35.8 Å². The van der Waals surface area contributed by atoms with Gasteiger partial charge < -0.3 is 30.6 Å². The zero-order valence-electron chi connectivity index (χ0n) is 14.1. The lowest BCUT2D eigenvalue weighted by Gasteiger charge is -2.02. The first-order chi connectivity index (χ1) is 11.8. The Kier molecular flexibility index (Phi) is 16.3. The summed E-state index contributed by atoms with van der Waals surface area (Å²) in [5, 5.41) is 48.2. The van der Waals surface area contributed by atoms with Crippen LogP contribution in [0.5, 0.6) is 0 Å². The molecule has 26 heavy (non-hydrogen) atoms. The first-order valence-electron chi connectivity index (χ1n) is 7.09. The summed E-state index contributed by atoms with van der Waals surface area (Å²) in [6.07, 6.45) is -0.344. The Morgan fingerprint density at radius 1 is 0.692 bits per heavy atom. The summed E-state index contributed by atoms with van der Waals surface area (Å²) < 4.78 is 0. The molecule has 0 saturated heterocycles. The molecule has 0 aromatic heterocycles. The van der Waals surface area contributed by atoms with E-state index in [1.807, 2.05) is 0 Å². The van der Waals surface area contributed by atoms with E-state index in [4.69, 9.17) is 30.6 Å². The fourth-order valence-electron chi connectivity index (χ4n) is 1.12. The van der Waals surface area contributed by atoms with Crippen molar-refractivity contribution in [1.82, 2.24) is 0 Å². The van der Waals surface area contributed by atoms with Gasteiger partial charge in [0.05, 0.1) is 12.3 Å². The molecule has 1 atom stereocenters. The third kappa shape index (κ3) is 20.8. The maximum atomic E-state index is 10.2. The molecule has 150 valence electrons. The predicted molar refractivity (Wildman–Crippen MR) is 82.6 cm³/mol. The molecule has 0 bridgehead atoms. The topological polar surface area (TPSA) is 224 Å². The van der Waals surface area contributed by atoms with Crippen molar-refractivity contribution in [2.75, 3.05) is 0 Å². The van der Waals surface area contributed by atoms with E-state index in [2.05, 4.69) is 0 Å². The van der Waals surface area contributed by atoms with Crippen LogP contribution in [0.2, 0.25) is 0 Å². The number of carboxylic acids is 6. The van der Waals surface area contributed by atoms with Crippen molar-refractivity contribution in [2.45, 2.75) is 39.5 Å². The van der Waals surface area contributed by atoms with Gasteiger partial charge in [0.15, 0.2) is 5.92 Å². The van der Waals surface area contributed by atoms with Crippen LogP contribution >= 0.6 is 0 Å². The summed E-state index contributed by atoms with van der Waals surface area (Å²) in [5.74, 6) is -9.31. The van der Waals surface area contributed by atoms with Gasteiger partial charge in [0.25, 0.3) is 0 Å². The average molecular weight is 382 g/mol. The van der Waals surface area contributed by atoms with Crippen molar-refractivity contribution in [3.05, 3.63) is 0 Å². The molecule has 0 aliphatic heterocycles. The van der Waals surface area contributed by atoms with Crippen LogP contribution < -0.4 is 0 Å². The summed E-state index contributed by atoms with van der Waals surface area (Å²) in [4.78, 5) is 59.0. The number of hydrogen-bond donors (Lipinski definition) is 6. The van der Waals surface area contributed by atoms with E-state index in [0.29, 0.717) is 6.42 Å². The van der Waals surface area contributed by atoms with Gasteiger partial charge in [-0.3, -0.25) is 28.8 Å². The van der Waals surface area contributed by atoms with Gasteiger partial charge in [-0.05, 0) is 6.42 Å². The van der Waals surface area contributed by atoms with Gasteiger partial charge in [-0.1, -0.05) is 20.3 Å². The van der Waals surface area contributed by atoms with Gasteiger partial charge in [0.1, 0.15) is 6.42 Å². The Hall–Kier alpha value is -3.18. The number of aliphatic carboxylic acids is 6. The maximum Gasteiger partial charge on any atom is 0.317 e. The molecule has 0 spiro atoms. The summed E-state index contributed by atoms with van der Waals surface area (Å²) in [6.45, 7) is 3.11. The SMILES string of the molecule is CC(CC(=O)O)C(=O)O.CCCC(C(=O)O)C(=O)O.O=C(O)CC(=O)O. The fraction of sp³-hybridized carbons (Fsp3) is 0.571. The minimum atomic E-state index is -1.31. The van der Waals surface area contributed by atoms with Crippen LogP contribution in [0.1, 0.15) is 39.5 Å². The van der Waals surface area contributed by atoms with Crippen LogP contribution in [0.4, 0.5) is 0 Å². The van der Waals surface area contributed by atoms with Gasteiger partial charge in [-0.15, -0.1) is 0 Å². The highest BCUT2D eigenvalue weighted by Crippen LogP contribution is 2.05. The first-order valence-corrected chi connectivity index (χ1v) is 7.09. The molecule has 0 rings (SSSR count).